The molecule has 0 amide bonds. The monoisotopic (exact) mass is 221 g/mol. The van der Waals surface area contributed by atoms with Crippen LogP contribution in [0, 0.1) is 12.3 Å². The minimum atomic E-state index is -0.321. The largest absolute Gasteiger partial charge is 0.391 e. The van der Waals surface area contributed by atoms with Crippen LogP contribution in [-0.4, -0.2) is 24.8 Å². The van der Waals surface area contributed by atoms with E-state index >= 15 is 0 Å². The Labute approximate surface area is 98.9 Å². The minimum absolute atomic E-state index is 0.0705. The van der Waals surface area contributed by atoms with Gasteiger partial charge in [0.15, 0.2) is 0 Å². The molecule has 0 aliphatic rings. The highest BCUT2D eigenvalue weighted by atomic mass is 16.3. The van der Waals surface area contributed by atoms with E-state index in [1.807, 2.05) is 7.05 Å². The van der Waals surface area contributed by atoms with Crippen LogP contribution in [0.1, 0.15) is 26.3 Å². The maximum absolute atomic E-state index is 10.0. The van der Waals surface area contributed by atoms with Crippen LogP contribution in [0.2, 0.25) is 0 Å². The summed E-state index contributed by atoms with van der Waals surface area (Å²) in [5.74, 6) is 0. The van der Waals surface area contributed by atoms with Crippen molar-refractivity contribution in [1.29, 1.82) is 0 Å². The van der Waals surface area contributed by atoms with E-state index in [2.05, 4.69) is 56.9 Å². The molecule has 16 heavy (non-hydrogen) atoms. The molecule has 1 atom stereocenters. The molecule has 0 fully saturated rings. The Bertz CT molecular complexity index is 324. The van der Waals surface area contributed by atoms with Crippen LogP contribution in [-0.2, 0) is 0 Å². The summed E-state index contributed by atoms with van der Waals surface area (Å²) < 4.78 is 0. The van der Waals surface area contributed by atoms with Gasteiger partial charge in [-0.15, -0.1) is 0 Å². The third kappa shape index (κ3) is 3.53. The Morgan fingerprint density at radius 3 is 2.12 bits per heavy atom. The minimum Gasteiger partial charge on any atom is -0.391 e. The summed E-state index contributed by atoms with van der Waals surface area (Å²) in [6.07, 6.45) is -0.321. The fourth-order valence-electron chi connectivity index (χ4n) is 1.44. The van der Waals surface area contributed by atoms with Crippen molar-refractivity contribution in [2.45, 2.75) is 33.8 Å². The molecule has 1 N–H and O–H groups in total. The lowest BCUT2D eigenvalue weighted by atomic mass is 9.89. The molecule has 90 valence electrons. The molecule has 1 rings (SSSR count). The first-order valence-electron chi connectivity index (χ1n) is 5.76. The molecule has 2 nitrogen and oxygen atoms in total. The lowest BCUT2D eigenvalue weighted by Crippen LogP contribution is -2.37. The first kappa shape index (κ1) is 13.0. The second-order valence-corrected chi connectivity index (χ2v) is 5.60. The summed E-state index contributed by atoms with van der Waals surface area (Å²) in [6, 6.07) is 8.36. The summed E-state index contributed by atoms with van der Waals surface area (Å²) in [7, 11) is 2.01. The maximum atomic E-state index is 10.0. The van der Waals surface area contributed by atoms with Crippen LogP contribution in [0.5, 0.6) is 0 Å². The molecule has 1 aromatic rings. The zero-order chi connectivity index (χ0) is 12.3. The van der Waals surface area contributed by atoms with Gasteiger partial charge in [-0.05, 0) is 24.5 Å². The number of hydrogen-bond donors (Lipinski definition) is 1. The fourth-order valence-corrected chi connectivity index (χ4v) is 1.44. The number of likely N-dealkylation sites (N-methyl/N-ethyl adjacent to an activating group) is 1. The number of aliphatic hydroxyl groups excluding tert-OH is 1. The number of aryl methyl sites for hydroxylation is 1. The maximum Gasteiger partial charge on any atom is 0.0763 e. The van der Waals surface area contributed by atoms with Gasteiger partial charge in [-0.3, -0.25) is 0 Å². The Hall–Kier alpha value is -1.02. The van der Waals surface area contributed by atoms with Crippen molar-refractivity contribution in [3.63, 3.8) is 0 Å². The third-order valence-electron chi connectivity index (χ3n) is 2.92. The number of nitrogens with zero attached hydrogens (tertiary/aromatic N) is 1. The molecule has 0 aromatic heterocycles. The molecule has 0 radical (unpaired) electrons. The average Bonchev–Trinajstić information content (AvgIpc) is 2.17. The van der Waals surface area contributed by atoms with Gasteiger partial charge < -0.3 is 10.0 Å². The van der Waals surface area contributed by atoms with Crippen molar-refractivity contribution in [2.75, 3.05) is 18.5 Å². The zero-order valence-electron chi connectivity index (χ0n) is 11.0. The summed E-state index contributed by atoms with van der Waals surface area (Å²) >= 11 is 0. The summed E-state index contributed by atoms with van der Waals surface area (Å²) in [5.41, 5.74) is 2.33. The smallest absolute Gasteiger partial charge is 0.0763 e. The fraction of sp³-hybridized carbons (Fsp3) is 0.571. The third-order valence-corrected chi connectivity index (χ3v) is 2.92. The Morgan fingerprint density at radius 1 is 1.19 bits per heavy atom. The topological polar surface area (TPSA) is 23.5 Å². The molecule has 0 aliphatic carbocycles. The SMILES string of the molecule is Cc1ccc(N(C)CC(O)C(C)(C)C)cc1. The summed E-state index contributed by atoms with van der Waals surface area (Å²) in [6.45, 7) is 8.91. The van der Waals surface area contributed by atoms with Gasteiger partial charge in [0.2, 0.25) is 0 Å². The zero-order valence-corrected chi connectivity index (χ0v) is 11.0. The predicted molar refractivity (Wildman–Crippen MR) is 69.9 cm³/mol. The standard InChI is InChI=1S/C14H23NO/c1-11-6-8-12(9-7-11)15(5)10-13(16)14(2,3)4/h6-9,13,16H,10H2,1-5H3. The van der Waals surface area contributed by atoms with E-state index in [0.29, 0.717) is 6.54 Å². The van der Waals surface area contributed by atoms with E-state index < -0.39 is 0 Å². The Kier molecular flexibility index (Phi) is 3.98. The molecule has 0 bridgehead atoms. The van der Waals surface area contributed by atoms with E-state index in [1.54, 1.807) is 0 Å². The van der Waals surface area contributed by atoms with Crippen LogP contribution in [0.4, 0.5) is 5.69 Å². The highest BCUT2D eigenvalue weighted by molar-refractivity contribution is 5.46. The van der Waals surface area contributed by atoms with Crippen molar-refractivity contribution in [3.05, 3.63) is 29.8 Å². The molecule has 0 saturated heterocycles. The highest BCUT2D eigenvalue weighted by Gasteiger charge is 2.23. The number of anilines is 1. The van der Waals surface area contributed by atoms with E-state index in [9.17, 15) is 5.11 Å². The molecular weight excluding hydrogens is 198 g/mol. The molecule has 0 spiro atoms. The van der Waals surface area contributed by atoms with Crippen molar-refractivity contribution >= 4 is 5.69 Å². The molecule has 2 heteroatoms. The van der Waals surface area contributed by atoms with Gasteiger partial charge in [-0.25, -0.2) is 0 Å². The average molecular weight is 221 g/mol. The van der Waals surface area contributed by atoms with Gasteiger partial charge in [0.1, 0.15) is 0 Å². The van der Waals surface area contributed by atoms with Gasteiger partial charge in [-0.2, -0.15) is 0 Å². The first-order valence-corrected chi connectivity index (χ1v) is 5.76. The van der Waals surface area contributed by atoms with Crippen molar-refractivity contribution < 1.29 is 5.11 Å². The second kappa shape index (κ2) is 4.88. The highest BCUT2D eigenvalue weighted by Crippen LogP contribution is 2.22. The van der Waals surface area contributed by atoms with Gasteiger partial charge in [-0.1, -0.05) is 38.5 Å². The first-order chi connectivity index (χ1) is 7.30. The van der Waals surface area contributed by atoms with Crippen LogP contribution >= 0.6 is 0 Å². The summed E-state index contributed by atoms with van der Waals surface area (Å²) in [4.78, 5) is 2.09. The van der Waals surface area contributed by atoms with Crippen LogP contribution < -0.4 is 4.90 Å². The van der Waals surface area contributed by atoms with Crippen LogP contribution in [0.25, 0.3) is 0 Å². The lowest BCUT2D eigenvalue weighted by Gasteiger charge is -2.31. The van der Waals surface area contributed by atoms with Gasteiger partial charge in [0.05, 0.1) is 6.10 Å². The van der Waals surface area contributed by atoms with Crippen LogP contribution in [0.3, 0.4) is 0 Å². The Morgan fingerprint density at radius 2 is 1.69 bits per heavy atom. The molecule has 0 aliphatic heterocycles. The lowest BCUT2D eigenvalue weighted by molar-refractivity contribution is 0.0699. The van der Waals surface area contributed by atoms with Gasteiger partial charge in [0.25, 0.3) is 0 Å². The number of aliphatic hydroxyl groups is 1. The normalized spacial score (nSPS) is 13.6. The molecule has 0 saturated carbocycles. The van der Waals surface area contributed by atoms with Gasteiger partial charge >= 0.3 is 0 Å². The number of rotatable bonds is 3. The van der Waals surface area contributed by atoms with Crippen LogP contribution in [0.15, 0.2) is 24.3 Å². The molecule has 1 unspecified atom stereocenters. The van der Waals surface area contributed by atoms with Gasteiger partial charge in [0, 0.05) is 19.3 Å². The summed E-state index contributed by atoms with van der Waals surface area (Å²) in [5, 5.41) is 10.0. The second-order valence-electron chi connectivity index (χ2n) is 5.60. The predicted octanol–water partition coefficient (Wildman–Crippen LogP) is 2.84. The van der Waals surface area contributed by atoms with E-state index in [0.717, 1.165) is 5.69 Å². The van der Waals surface area contributed by atoms with Crippen molar-refractivity contribution in [3.8, 4) is 0 Å². The number of benzene rings is 1. The Balaban J connectivity index is 2.65. The quantitative estimate of drug-likeness (QED) is 0.848. The van der Waals surface area contributed by atoms with Crippen molar-refractivity contribution in [1.82, 2.24) is 0 Å². The van der Waals surface area contributed by atoms with E-state index in [4.69, 9.17) is 0 Å². The van der Waals surface area contributed by atoms with E-state index in [1.165, 1.54) is 5.56 Å². The molecular formula is C14H23NO. The number of hydrogen-bond acceptors (Lipinski definition) is 2. The van der Waals surface area contributed by atoms with E-state index in [-0.39, 0.29) is 11.5 Å². The molecule has 0 heterocycles. The molecule has 1 aromatic carbocycles. The van der Waals surface area contributed by atoms with Crippen molar-refractivity contribution in [2.24, 2.45) is 5.41 Å².